The van der Waals surface area contributed by atoms with Crippen molar-refractivity contribution in [3.8, 4) is 11.5 Å². The number of aromatic nitrogens is 1. The topological polar surface area (TPSA) is 85.0 Å². The van der Waals surface area contributed by atoms with Crippen molar-refractivity contribution in [2.75, 3.05) is 32.2 Å². The minimum absolute atomic E-state index is 0.409. The molecule has 0 bridgehead atoms. The summed E-state index contributed by atoms with van der Waals surface area (Å²) >= 11 is 1.32. The molecule has 0 fully saturated rings. The van der Waals surface area contributed by atoms with Crippen LogP contribution >= 0.6 is 11.8 Å². The van der Waals surface area contributed by atoms with Crippen LogP contribution in [0.3, 0.4) is 0 Å². The highest BCUT2D eigenvalue weighted by Crippen LogP contribution is 2.28. The zero-order chi connectivity index (χ0) is 23.9. The van der Waals surface area contributed by atoms with E-state index in [0.29, 0.717) is 25.6 Å². The third-order valence-electron chi connectivity index (χ3n) is 5.26. The first-order valence-electron chi connectivity index (χ1n) is 10.8. The number of methoxy groups -OCH3 is 1. The molecule has 1 atom stereocenters. The minimum Gasteiger partial charge on any atom is -0.497 e. The van der Waals surface area contributed by atoms with Gasteiger partial charge >= 0.3 is 5.97 Å². The molecule has 3 aromatic carbocycles. The van der Waals surface area contributed by atoms with E-state index in [0.717, 1.165) is 33.1 Å². The third-order valence-corrected chi connectivity index (χ3v) is 6.46. The second-order valence-corrected chi connectivity index (χ2v) is 8.98. The Balaban J connectivity index is 1.28. The predicted molar refractivity (Wildman–Crippen MR) is 133 cm³/mol. The van der Waals surface area contributed by atoms with Crippen LogP contribution in [0.15, 0.2) is 82.1 Å². The Hall–Kier alpha value is -3.65. The molecule has 0 aliphatic rings. The fraction of sp³-hybridized carbons (Fsp3) is 0.231. The number of hydrogen-bond acceptors (Lipinski definition) is 7. The normalized spacial score (nSPS) is 11.8. The zero-order valence-corrected chi connectivity index (χ0v) is 19.8. The number of aliphatic carboxylic acids is 1. The molecule has 8 heteroatoms. The van der Waals surface area contributed by atoms with E-state index in [1.807, 2.05) is 84.7 Å². The van der Waals surface area contributed by atoms with Crippen molar-refractivity contribution in [3.05, 3.63) is 78.4 Å². The fourth-order valence-corrected chi connectivity index (χ4v) is 4.35. The number of carbonyl (C=O) groups is 1. The van der Waals surface area contributed by atoms with Gasteiger partial charge in [0, 0.05) is 11.9 Å². The largest absolute Gasteiger partial charge is 0.497 e. The first kappa shape index (κ1) is 23.5. The molecule has 1 aromatic heterocycles. The van der Waals surface area contributed by atoms with Crippen LogP contribution in [-0.2, 0) is 11.2 Å². The minimum atomic E-state index is -0.844. The van der Waals surface area contributed by atoms with Gasteiger partial charge in [0.15, 0.2) is 5.58 Å². The van der Waals surface area contributed by atoms with Gasteiger partial charge in [0.1, 0.15) is 28.9 Å². The molecule has 4 aromatic rings. The number of likely N-dealkylation sites (N-methyl/N-ethyl adjacent to an activating group) is 1. The van der Waals surface area contributed by atoms with E-state index in [1.54, 1.807) is 7.11 Å². The molecule has 1 heterocycles. The fourth-order valence-electron chi connectivity index (χ4n) is 3.35. The number of anilines is 1. The number of hydrogen-bond donors (Lipinski definition) is 1. The van der Waals surface area contributed by atoms with Gasteiger partial charge < -0.3 is 23.9 Å². The molecule has 1 unspecified atom stereocenters. The van der Waals surface area contributed by atoms with E-state index in [-0.39, 0.29) is 0 Å². The molecule has 176 valence electrons. The number of carboxylic acids is 1. The van der Waals surface area contributed by atoms with Gasteiger partial charge in [-0.2, -0.15) is 4.98 Å². The van der Waals surface area contributed by atoms with Crippen LogP contribution in [0.4, 0.5) is 6.01 Å². The molecular formula is C26H26N2O5S. The summed E-state index contributed by atoms with van der Waals surface area (Å²) in [6.45, 7) is 1.06. The number of fused-ring (bicyclic) bond motifs is 1. The Bertz CT molecular complexity index is 1190. The molecule has 0 spiro atoms. The quantitative estimate of drug-likeness (QED) is 0.297. The average molecular weight is 479 g/mol. The first-order chi connectivity index (χ1) is 16.5. The van der Waals surface area contributed by atoms with Gasteiger partial charge in [0.05, 0.1) is 13.7 Å². The lowest BCUT2D eigenvalue weighted by atomic mass is 10.1. The molecule has 0 saturated heterocycles. The Morgan fingerprint density at radius 2 is 1.76 bits per heavy atom. The highest BCUT2D eigenvalue weighted by Gasteiger charge is 2.20. The van der Waals surface area contributed by atoms with Crippen LogP contribution in [0, 0.1) is 0 Å². The number of carboxylic acid groups (broad SMARTS) is 1. The van der Waals surface area contributed by atoms with Crippen LogP contribution in [0.5, 0.6) is 11.5 Å². The van der Waals surface area contributed by atoms with Crippen molar-refractivity contribution in [3.63, 3.8) is 0 Å². The number of oxazole rings is 1. The summed E-state index contributed by atoms with van der Waals surface area (Å²) in [5, 5.41) is 9.08. The number of benzene rings is 3. The van der Waals surface area contributed by atoms with Gasteiger partial charge in [-0.1, -0.05) is 24.3 Å². The third kappa shape index (κ3) is 6.02. The second-order valence-electron chi connectivity index (χ2n) is 7.70. The van der Waals surface area contributed by atoms with E-state index in [2.05, 4.69) is 4.98 Å². The summed E-state index contributed by atoms with van der Waals surface area (Å²) in [7, 11) is 3.51. The van der Waals surface area contributed by atoms with Crippen molar-refractivity contribution in [2.24, 2.45) is 0 Å². The van der Waals surface area contributed by atoms with Crippen LogP contribution < -0.4 is 14.4 Å². The van der Waals surface area contributed by atoms with Gasteiger partial charge in [-0.15, -0.1) is 11.8 Å². The molecule has 0 radical (unpaired) electrons. The summed E-state index contributed by atoms with van der Waals surface area (Å²) in [5.74, 6) is 0.625. The summed E-state index contributed by atoms with van der Waals surface area (Å²) in [5.41, 5.74) is 2.51. The van der Waals surface area contributed by atoms with Crippen molar-refractivity contribution < 1.29 is 23.8 Å². The smallest absolute Gasteiger partial charge is 0.317 e. The Morgan fingerprint density at radius 1 is 1.06 bits per heavy atom. The van der Waals surface area contributed by atoms with E-state index >= 15 is 0 Å². The highest BCUT2D eigenvalue weighted by molar-refractivity contribution is 8.00. The summed E-state index contributed by atoms with van der Waals surface area (Å²) in [4.78, 5) is 19.1. The number of ether oxygens (including phenoxy) is 2. The number of para-hydroxylation sites is 2. The predicted octanol–water partition coefficient (Wildman–Crippen LogP) is 5.14. The van der Waals surface area contributed by atoms with Crippen LogP contribution in [0.25, 0.3) is 11.1 Å². The maximum Gasteiger partial charge on any atom is 0.317 e. The molecule has 0 aliphatic carbocycles. The van der Waals surface area contributed by atoms with Crippen molar-refractivity contribution in [1.29, 1.82) is 0 Å². The van der Waals surface area contributed by atoms with Crippen LogP contribution in [0.1, 0.15) is 5.56 Å². The molecule has 4 rings (SSSR count). The summed E-state index contributed by atoms with van der Waals surface area (Å²) in [6.07, 6.45) is 0.409. The summed E-state index contributed by atoms with van der Waals surface area (Å²) < 4.78 is 16.8. The van der Waals surface area contributed by atoms with E-state index in [4.69, 9.17) is 13.9 Å². The molecule has 0 aliphatic heterocycles. The van der Waals surface area contributed by atoms with Gasteiger partial charge in [-0.3, -0.25) is 4.79 Å². The monoisotopic (exact) mass is 478 g/mol. The Labute approximate surface area is 202 Å². The van der Waals surface area contributed by atoms with Gasteiger partial charge in [-0.25, -0.2) is 0 Å². The van der Waals surface area contributed by atoms with E-state index < -0.39 is 11.2 Å². The maximum atomic E-state index is 11.8. The Kier molecular flexibility index (Phi) is 7.59. The van der Waals surface area contributed by atoms with Gasteiger partial charge in [-0.05, 0) is 60.5 Å². The standard InChI is InChI=1S/C26H26N2O5S/c1-28(26-27-22-5-3-4-6-23(22)33-26)15-16-32-20-9-7-18(8-10-20)17-24(25(29)30)34-21-13-11-19(31-2)12-14-21/h3-14,24H,15-17H2,1-2H3,(H,29,30). The van der Waals surface area contributed by atoms with Gasteiger partial charge in [0.2, 0.25) is 0 Å². The Morgan fingerprint density at radius 3 is 2.44 bits per heavy atom. The molecule has 7 nitrogen and oxygen atoms in total. The second kappa shape index (κ2) is 11.0. The first-order valence-corrected chi connectivity index (χ1v) is 11.7. The van der Waals surface area contributed by atoms with Gasteiger partial charge in [0.25, 0.3) is 6.01 Å². The lowest BCUT2D eigenvalue weighted by Crippen LogP contribution is -2.24. The molecule has 0 saturated carbocycles. The lowest BCUT2D eigenvalue weighted by molar-refractivity contribution is -0.136. The van der Waals surface area contributed by atoms with Crippen molar-refractivity contribution >= 4 is 34.8 Å². The van der Waals surface area contributed by atoms with E-state index in [9.17, 15) is 9.90 Å². The molecule has 1 N–H and O–H groups in total. The molecule has 0 amide bonds. The number of nitrogens with zero attached hydrogens (tertiary/aromatic N) is 2. The van der Waals surface area contributed by atoms with Crippen molar-refractivity contribution in [2.45, 2.75) is 16.6 Å². The zero-order valence-electron chi connectivity index (χ0n) is 19.0. The maximum absolute atomic E-state index is 11.8. The van der Waals surface area contributed by atoms with Crippen LogP contribution in [0.2, 0.25) is 0 Å². The lowest BCUT2D eigenvalue weighted by Gasteiger charge is -2.15. The average Bonchev–Trinajstić information content (AvgIpc) is 3.29. The van der Waals surface area contributed by atoms with Crippen LogP contribution in [-0.4, -0.2) is 48.6 Å². The van der Waals surface area contributed by atoms with Crippen molar-refractivity contribution in [1.82, 2.24) is 4.98 Å². The SMILES string of the molecule is COc1ccc(SC(Cc2ccc(OCCN(C)c3nc4ccccc4o3)cc2)C(=O)O)cc1. The number of rotatable bonds is 11. The highest BCUT2D eigenvalue weighted by atomic mass is 32.2. The molecular weight excluding hydrogens is 452 g/mol. The summed E-state index contributed by atoms with van der Waals surface area (Å²) in [6, 6.07) is 23.1. The van der Waals surface area contributed by atoms with E-state index in [1.165, 1.54) is 11.8 Å². The number of thioether (sulfide) groups is 1. The molecule has 34 heavy (non-hydrogen) atoms.